The Bertz CT molecular complexity index is 1630. The third-order valence-corrected chi connectivity index (χ3v) is 15.0. The number of ketones is 1. The van der Waals surface area contributed by atoms with Gasteiger partial charge in [-0.1, -0.05) is 86.3 Å². The Hall–Kier alpha value is -3.30. The highest BCUT2D eigenvalue weighted by Crippen LogP contribution is 2.65. The Balaban J connectivity index is 1.59. The summed E-state index contributed by atoms with van der Waals surface area (Å²) in [5.74, 6) is -2.51. The predicted molar refractivity (Wildman–Crippen MR) is 205 cm³/mol. The number of likely N-dealkylation sites (tertiary alicyclic amines) is 1. The highest BCUT2D eigenvalue weighted by atomic mass is 32.2. The van der Waals surface area contributed by atoms with Gasteiger partial charge in [-0.15, -0.1) is 17.9 Å². The van der Waals surface area contributed by atoms with Crippen LogP contribution in [0.1, 0.15) is 93.4 Å². The summed E-state index contributed by atoms with van der Waals surface area (Å²) in [7, 11) is -2.29. The number of amides is 5. The zero-order valence-electron chi connectivity index (χ0n) is 32.6. The van der Waals surface area contributed by atoms with E-state index in [0.29, 0.717) is 25.8 Å². The summed E-state index contributed by atoms with van der Waals surface area (Å²) in [4.78, 5) is 70.3. The van der Waals surface area contributed by atoms with E-state index in [9.17, 15) is 32.4 Å². The molecule has 6 atom stereocenters. The summed E-state index contributed by atoms with van der Waals surface area (Å²) in [6.07, 6.45) is 6.44. The largest absolute Gasteiger partial charge is 0.346 e. The lowest BCUT2D eigenvalue weighted by atomic mass is 9.70. The van der Waals surface area contributed by atoms with Gasteiger partial charge in [0.15, 0.2) is 0 Å². The van der Waals surface area contributed by atoms with Crippen molar-refractivity contribution in [2.45, 2.75) is 122 Å². The normalized spacial score (nSPS) is 23.6. The second-order valence-electron chi connectivity index (χ2n) is 17.0. The number of carbonyl (C=O) groups is 5. The number of hydrogen-bond acceptors (Lipinski definition) is 8. The van der Waals surface area contributed by atoms with Gasteiger partial charge in [-0.25, -0.2) is 13.2 Å². The Kier molecular flexibility index (Phi) is 13.3. The number of nitrogens with zero attached hydrogens (tertiary/aromatic N) is 2. The van der Waals surface area contributed by atoms with Gasteiger partial charge >= 0.3 is 6.03 Å². The molecule has 296 valence electrons. The van der Waals surface area contributed by atoms with E-state index in [2.05, 4.69) is 41.7 Å². The molecule has 1 saturated heterocycles. The molecule has 0 spiro atoms. The van der Waals surface area contributed by atoms with Crippen LogP contribution in [0.5, 0.6) is 0 Å². The molecule has 3 aliphatic rings. The van der Waals surface area contributed by atoms with Crippen LogP contribution >= 0.6 is 11.3 Å². The molecule has 13 nitrogen and oxygen atoms in total. The summed E-state index contributed by atoms with van der Waals surface area (Å²) in [5.41, 5.74) is -1.36. The van der Waals surface area contributed by atoms with E-state index in [1.54, 1.807) is 22.4 Å². The van der Waals surface area contributed by atoms with Crippen LogP contribution in [-0.4, -0.2) is 98.0 Å². The number of nitrogens with one attached hydrogen (secondary N) is 4. The molecular formula is C38H60N6O7S2. The number of Topliss-reactive ketones (excluding diaryl/α,β-unsaturated/α-hetero) is 1. The van der Waals surface area contributed by atoms with E-state index in [-0.39, 0.29) is 46.9 Å². The summed E-state index contributed by atoms with van der Waals surface area (Å²) in [6, 6.07) is -0.901. The third kappa shape index (κ3) is 9.33. The van der Waals surface area contributed by atoms with Crippen molar-refractivity contribution >= 4 is 50.9 Å². The van der Waals surface area contributed by atoms with Crippen LogP contribution in [-0.2, 0) is 29.2 Å². The fourth-order valence-electron chi connectivity index (χ4n) is 8.17. The molecule has 0 bridgehead atoms. The Morgan fingerprint density at radius 3 is 2.30 bits per heavy atom. The predicted octanol–water partition coefficient (Wildman–Crippen LogP) is 4.06. The van der Waals surface area contributed by atoms with Gasteiger partial charge in [0.2, 0.25) is 17.6 Å². The van der Waals surface area contributed by atoms with E-state index in [1.807, 2.05) is 34.6 Å². The molecule has 2 aliphatic carbocycles. The SMILES string of the molecule is C=CCNC(=O)C(=O)C(CCC)NC(=O)[C@@H]1[C@@H]2[C@H](CN1C(=O)[C@@H](NC(=O)N[C@H](CN(C)S(=O)(=O)c1cccs1)C(C)(C)C)C1(C)CCCCC1)C2(C)C. The van der Waals surface area contributed by atoms with E-state index in [0.717, 1.165) is 30.6 Å². The van der Waals surface area contributed by atoms with Crippen LogP contribution in [0.3, 0.4) is 0 Å². The molecular weight excluding hydrogens is 717 g/mol. The molecule has 53 heavy (non-hydrogen) atoms. The number of likely N-dealkylation sites (N-methyl/N-ethyl adjacent to an activating group) is 1. The number of carbonyl (C=O) groups excluding carboxylic acids is 5. The molecule has 1 aliphatic heterocycles. The number of urea groups is 1. The lowest BCUT2D eigenvalue weighted by molar-refractivity contribution is -0.146. The monoisotopic (exact) mass is 776 g/mol. The molecule has 1 aromatic heterocycles. The maximum absolute atomic E-state index is 14.8. The zero-order valence-corrected chi connectivity index (χ0v) is 34.3. The summed E-state index contributed by atoms with van der Waals surface area (Å²) in [6.45, 7) is 17.7. The zero-order chi connectivity index (χ0) is 39.5. The van der Waals surface area contributed by atoms with Crippen LogP contribution < -0.4 is 21.3 Å². The first kappa shape index (κ1) is 42.4. The molecule has 15 heteroatoms. The maximum Gasteiger partial charge on any atom is 0.315 e. The maximum atomic E-state index is 14.8. The lowest BCUT2D eigenvalue weighted by Crippen LogP contribution is -2.63. The minimum Gasteiger partial charge on any atom is -0.346 e. The van der Waals surface area contributed by atoms with Crippen molar-refractivity contribution in [1.29, 1.82) is 0 Å². The number of sulfonamides is 1. The molecule has 4 rings (SSSR count). The van der Waals surface area contributed by atoms with Crippen LogP contribution in [0.25, 0.3) is 0 Å². The van der Waals surface area contributed by atoms with Gasteiger partial charge < -0.3 is 26.2 Å². The Morgan fingerprint density at radius 2 is 1.74 bits per heavy atom. The Morgan fingerprint density at radius 1 is 1.08 bits per heavy atom. The second-order valence-corrected chi connectivity index (χ2v) is 20.2. The fraction of sp³-hybridized carbons (Fsp3) is 0.711. The molecule has 4 N–H and O–H groups in total. The van der Waals surface area contributed by atoms with Gasteiger partial charge in [-0.3, -0.25) is 19.2 Å². The standard InChI is InChI=1S/C38H60N6O7S2/c1-10-16-25(30(45)33(47)39-20-11-2)40-32(46)29-28-24(37(28,6)7)22-44(29)34(48)31(38(8)18-13-12-14-19-38)42-35(49)41-26(36(3,4)5)23-43(9)53(50,51)27-17-15-21-52-27/h11,15,17,21,24-26,28-29,31H,2,10,12-14,16,18-20,22-23H2,1,3-9H3,(H,39,47)(H,40,46)(H2,41,42,49)/t24-,25?,26+,28-,29-,31+/m0/s1. The fourth-order valence-corrected chi connectivity index (χ4v) is 10.6. The molecule has 0 aromatic carbocycles. The van der Waals surface area contributed by atoms with Crippen molar-refractivity contribution in [2.24, 2.45) is 28.1 Å². The summed E-state index contributed by atoms with van der Waals surface area (Å²) in [5, 5.41) is 13.0. The molecule has 0 radical (unpaired) electrons. The minimum atomic E-state index is -3.78. The first-order valence-corrected chi connectivity index (χ1v) is 21.1. The first-order valence-electron chi connectivity index (χ1n) is 18.8. The number of rotatable bonds is 16. The molecule has 2 heterocycles. The quantitative estimate of drug-likeness (QED) is 0.145. The van der Waals surface area contributed by atoms with Crippen molar-refractivity contribution in [2.75, 3.05) is 26.7 Å². The number of thiophene rings is 1. The summed E-state index contributed by atoms with van der Waals surface area (Å²) < 4.78 is 28.0. The summed E-state index contributed by atoms with van der Waals surface area (Å²) >= 11 is 1.12. The average molecular weight is 777 g/mol. The third-order valence-electron chi connectivity index (χ3n) is 11.8. The first-order chi connectivity index (χ1) is 24.7. The Labute approximate surface area is 319 Å². The number of piperidine rings is 1. The van der Waals surface area contributed by atoms with Crippen LogP contribution in [0.4, 0.5) is 4.79 Å². The molecule has 1 unspecified atom stereocenters. The van der Waals surface area contributed by atoms with Crippen molar-refractivity contribution in [3.8, 4) is 0 Å². The van der Waals surface area contributed by atoms with Crippen molar-refractivity contribution in [3.05, 3.63) is 30.2 Å². The number of hydrogen-bond donors (Lipinski definition) is 4. The van der Waals surface area contributed by atoms with Crippen LogP contribution in [0.15, 0.2) is 34.4 Å². The van der Waals surface area contributed by atoms with E-state index in [4.69, 9.17) is 0 Å². The molecule has 2 saturated carbocycles. The smallest absolute Gasteiger partial charge is 0.315 e. The minimum absolute atomic E-state index is 0.00308. The van der Waals surface area contributed by atoms with Gasteiger partial charge in [0.1, 0.15) is 16.3 Å². The topological polar surface area (TPSA) is 174 Å². The highest BCUT2D eigenvalue weighted by molar-refractivity contribution is 7.91. The van der Waals surface area contributed by atoms with E-state index < -0.39 is 68.6 Å². The molecule has 5 amide bonds. The van der Waals surface area contributed by atoms with E-state index >= 15 is 0 Å². The van der Waals surface area contributed by atoms with E-state index in [1.165, 1.54) is 17.4 Å². The van der Waals surface area contributed by atoms with Crippen molar-refractivity contribution in [3.63, 3.8) is 0 Å². The van der Waals surface area contributed by atoms with Crippen LogP contribution in [0.2, 0.25) is 0 Å². The highest BCUT2D eigenvalue weighted by Gasteiger charge is 2.70. The number of fused-ring (bicyclic) bond motifs is 1. The van der Waals surface area contributed by atoms with Crippen molar-refractivity contribution < 1.29 is 32.4 Å². The van der Waals surface area contributed by atoms with Gasteiger partial charge in [0.25, 0.3) is 15.9 Å². The van der Waals surface area contributed by atoms with Gasteiger partial charge in [0, 0.05) is 32.7 Å². The molecule has 1 aromatic rings. The molecule has 3 fully saturated rings. The average Bonchev–Trinajstić information content (AvgIpc) is 3.55. The van der Waals surface area contributed by atoms with Crippen LogP contribution in [0, 0.1) is 28.1 Å². The van der Waals surface area contributed by atoms with Gasteiger partial charge in [0.05, 0.1) is 6.04 Å². The van der Waals surface area contributed by atoms with Crippen molar-refractivity contribution in [1.82, 2.24) is 30.5 Å². The second kappa shape index (κ2) is 16.6. The lowest BCUT2D eigenvalue weighted by Gasteiger charge is -2.43. The van der Waals surface area contributed by atoms with Gasteiger partial charge in [-0.2, -0.15) is 4.31 Å². The van der Waals surface area contributed by atoms with Gasteiger partial charge in [-0.05, 0) is 58.8 Å².